The molecule has 0 aliphatic heterocycles. The second-order valence-electron chi connectivity index (χ2n) is 8.63. The second-order valence-corrected chi connectivity index (χ2v) is 8.63. The molecule has 0 saturated heterocycles. The Morgan fingerprint density at radius 1 is 0.895 bits per heavy atom. The maximum atomic E-state index is 13.6. The minimum absolute atomic E-state index is 0. The molecule has 0 aliphatic carbocycles. The van der Waals surface area contributed by atoms with Crippen LogP contribution in [0.1, 0.15) is 29.3 Å². The van der Waals surface area contributed by atoms with Crippen molar-refractivity contribution in [3.05, 3.63) is 122 Å². The predicted molar refractivity (Wildman–Crippen MR) is 148 cm³/mol. The van der Waals surface area contributed by atoms with Gasteiger partial charge in [-0.1, -0.05) is 84.0 Å². The summed E-state index contributed by atoms with van der Waals surface area (Å²) in [7, 11) is 0. The van der Waals surface area contributed by atoms with E-state index in [-0.39, 0.29) is 35.1 Å². The fraction of sp³-hybridized carbons (Fsp3) is 0.172. The molecule has 0 amide bonds. The molecule has 0 radical (unpaired) electrons. The van der Waals surface area contributed by atoms with Crippen molar-refractivity contribution in [2.75, 3.05) is 6.61 Å². The van der Waals surface area contributed by atoms with E-state index in [0.717, 1.165) is 27.8 Å². The quantitative estimate of drug-likeness (QED) is 0.312. The molecule has 0 spiro atoms. The van der Waals surface area contributed by atoms with Crippen LogP contribution >= 0.6 is 0 Å². The molecule has 38 heavy (non-hydrogen) atoms. The van der Waals surface area contributed by atoms with Gasteiger partial charge in [-0.25, -0.2) is 9.78 Å². The molecule has 5 aromatic rings. The van der Waals surface area contributed by atoms with Crippen molar-refractivity contribution < 1.29 is 9.26 Å². The van der Waals surface area contributed by atoms with Crippen molar-refractivity contribution >= 4 is 29.6 Å². The molecule has 8 nitrogen and oxygen atoms in total. The molecule has 188 valence electrons. The number of nitrogens with zero attached hydrogens (tertiary/aromatic N) is 3. The molecule has 9 heteroatoms. The van der Waals surface area contributed by atoms with Gasteiger partial charge in [-0.15, -0.1) is 0 Å². The van der Waals surface area contributed by atoms with Gasteiger partial charge >= 0.3 is 35.3 Å². The Bertz CT molecular complexity index is 1640. The fourth-order valence-electron chi connectivity index (χ4n) is 4.32. The van der Waals surface area contributed by atoms with Crippen LogP contribution in [0.2, 0.25) is 0 Å². The van der Waals surface area contributed by atoms with Crippen LogP contribution in [0.25, 0.3) is 22.5 Å². The van der Waals surface area contributed by atoms with Gasteiger partial charge in [0.1, 0.15) is 0 Å². The Hall–Kier alpha value is -3.72. The summed E-state index contributed by atoms with van der Waals surface area (Å²) in [4.78, 5) is 32.3. The summed E-state index contributed by atoms with van der Waals surface area (Å²) in [6, 6.07) is 25.7. The topological polar surface area (TPSA) is 103 Å². The zero-order valence-corrected chi connectivity index (χ0v) is 20.6. The molecule has 5 rings (SSSR count). The first-order chi connectivity index (χ1) is 18.0. The number of ether oxygens (including phenoxy) is 1. The molecule has 0 saturated carbocycles. The van der Waals surface area contributed by atoms with Gasteiger partial charge < -0.3 is 4.74 Å². The average molecular weight is 519 g/mol. The molecular weight excluding hydrogens is 491 g/mol. The number of hydrogen-bond acceptors (Lipinski definition) is 6. The van der Waals surface area contributed by atoms with E-state index in [4.69, 9.17) is 4.74 Å². The van der Waals surface area contributed by atoms with E-state index >= 15 is 0 Å². The van der Waals surface area contributed by atoms with Gasteiger partial charge in [-0.3, -0.25) is 18.9 Å². The summed E-state index contributed by atoms with van der Waals surface area (Å²) in [5.74, 6) is -0.233. The van der Waals surface area contributed by atoms with Gasteiger partial charge in [-0.05, 0) is 36.1 Å². The van der Waals surface area contributed by atoms with E-state index in [2.05, 4.69) is 19.6 Å². The van der Waals surface area contributed by atoms with Crippen LogP contribution in [0, 0.1) is 6.92 Å². The van der Waals surface area contributed by atoms with Gasteiger partial charge in [-0.2, -0.15) is 0 Å². The van der Waals surface area contributed by atoms with Crippen molar-refractivity contribution in [1.82, 2.24) is 19.7 Å². The summed E-state index contributed by atoms with van der Waals surface area (Å²) in [5, 5.41) is 3.83. The molecule has 0 unspecified atom stereocenters. The number of rotatable bonds is 8. The summed E-state index contributed by atoms with van der Waals surface area (Å²) in [6.45, 7) is 4.45. The SMILES string of the molecule is CCOc1nc(C)c(Cc2ccccc2)c(=O)n1Cc1ccc(-c2ccccc2-c2noc(=O)[nH]2)cc1.[NaH]. The van der Waals surface area contributed by atoms with E-state index in [9.17, 15) is 9.59 Å². The molecule has 3 aromatic carbocycles. The van der Waals surface area contributed by atoms with Crippen molar-refractivity contribution in [2.24, 2.45) is 0 Å². The van der Waals surface area contributed by atoms with E-state index in [1.807, 2.05) is 92.7 Å². The molecule has 0 aliphatic rings. The molecule has 0 bridgehead atoms. The van der Waals surface area contributed by atoms with Gasteiger partial charge in [0.25, 0.3) is 11.6 Å². The van der Waals surface area contributed by atoms with E-state index in [1.165, 1.54) is 0 Å². The van der Waals surface area contributed by atoms with Crippen LogP contribution < -0.4 is 16.1 Å². The monoisotopic (exact) mass is 518 g/mol. The third kappa shape index (κ3) is 5.88. The van der Waals surface area contributed by atoms with Gasteiger partial charge in [0.2, 0.25) is 0 Å². The van der Waals surface area contributed by atoms with Crippen LogP contribution in [-0.2, 0) is 13.0 Å². The molecule has 0 fully saturated rings. The average Bonchev–Trinajstić information content (AvgIpc) is 3.36. The number of aryl methyl sites for hydroxylation is 1. The Morgan fingerprint density at radius 2 is 1.58 bits per heavy atom. The van der Waals surface area contributed by atoms with Crippen molar-refractivity contribution in [3.63, 3.8) is 0 Å². The summed E-state index contributed by atoms with van der Waals surface area (Å²) < 4.78 is 12.0. The first-order valence-corrected chi connectivity index (χ1v) is 12.0. The van der Waals surface area contributed by atoms with Crippen molar-refractivity contribution in [2.45, 2.75) is 26.8 Å². The standard InChI is InChI=1S/C29H26N4O4.Na.H/c1-3-36-28-30-19(2)25(17-20-9-5-4-6-10-20)27(34)33(28)18-21-13-15-22(16-14-21)23-11-7-8-12-24(23)26-31-29(35)37-32-26;;/h4-16H,3,17-18H2,1-2H3,(H,31,32,35);;. The number of nitrogens with one attached hydrogen (secondary N) is 1. The van der Waals surface area contributed by atoms with Crippen LogP contribution in [0.5, 0.6) is 6.01 Å². The Labute approximate surface area is 241 Å². The van der Waals surface area contributed by atoms with E-state index in [0.29, 0.717) is 42.7 Å². The number of benzene rings is 3. The van der Waals surface area contributed by atoms with E-state index in [1.54, 1.807) is 4.57 Å². The summed E-state index contributed by atoms with van der Waals surface area (Å²) in [6.07, 6.45) is 0.505. The Morgan fingerprint density at radius 3 is 2.24 bits per heavy atom. The third-order valence-corrected chi connectivity index (χ3v) is 6.16. The first kappa shape index (κ1) is 27.3. The van der Waals surface area contributed by atoms with Crippen molar-refractivity contribution in [3.8, 4) is 28.5 Å². The number of H-pyrrole nitrogens is 1. The molecular formula is C29H27N4NaO4. The number of hydrogen-bond donors (Lipinski definition) is 1. The molecule has 2 aromatic heterocycles. The summed E-state index contributed by atoms with van der Waals surface area (Å²) in [5.41, 5.74) is 5.79. The Balaban J connectivity index is 0.00000336. The van der Waals surface area contributed by atoms with Gasteiger partial charge in [0, 0.05) is 17.5 Å². The van der Waals surface area contributed by atoms with Gasteiger partial charge in [0.15, 0.2) is 5.82 Å². The van der Waals surface area contributed by atoms with Crippen LogP contribution in [-0.4, -0.2) is 55.9 Å². The van der Waals surface area contributed by atoms with Crippen LogP contribution in [0.15, 0.2) is 93.0 Å². The normalized spacial score (nSPS) is 10.7. The Kier molecular flexibility index (Phi) is 8.78. The predicted octanol–water partition coefficient (Wildman–Crippen LogP) is 3.95. The third-order valence-electron chi connectivity index (χ3n) is 6.16. The number of aromatic amines is 1. The van der Waals surface area contributed by atoms with Crippen molar-refractivity contribution in [1.29, 1.82) is 0 Å². The summed E-state index contributed by atoms with van der Waals surface area (Å²) >= 11 is 0. The number of aromatic nitrogens is 4. The zero-order chi connectivity index (χ0) is 25.8. The zero-order valence-electron chi connectivity index (χ0n) is 20.6. The maximum absolute atomic E-state index is 13.6. The fourth-order valence-corrected chi connectivity index (χ4v) is 4.32. The van der Waals surface area contributed by atoms with Gasteiger partial charge in [0.05, 0.1) is 18.8 Å². The molecule has 2 heterocycles. The van der Waals surface area contributed by atoms with Crippen LogP contribution in [0.4, 0.5) is 0 Å². The van der Waals surface area contributed by atoms with Crippen LogP contribution in [0.3, 0.4) is 0 Å². The molecule has 0 atom stereocenters. The first-order valence-electron chi connectivity index (χ1n) is 12.0. The minimum atomic E-state index is -0.603. The van der Waals surface area contributed by atoms with E-state index < -0.39 is 5.76 Å². The molecule has 1 N–H and O–H groups in total. The second kappa shape index (κ2) is 12.2.